The maximum Gasteiger partial charge on any atom is 0.123 e. The van der Waals surface area contributed by atoms with Crippen molar-refractivity contribution in [3.63, 3.8) is 0 Å². The topological polar surface area (TPSA) is 73.2 Å². The highest BCUT2D eigenvalue weighted by molar-refractivity contribution is 5.54. The molecule has 172 valence electrons. The largest absolute Gasteiger partial charge is 0.508 e. The SMILES string of the molecule is Oc1cccc([C@H]2CCc3cc(O)cc(O)c3[C@H]2c2ccc(OCCN3CCCC3)cc2)c1. The monoisotopic (exact) mass is 445 g/mol. The van der Waals surface area contributed by atoms with E-state index in [-0.39, 0.29) is 29.1 Å². The second kappa shape index (κ2) is 9.36. The Labute approximate surface area is 194 Å². The number of phenols is 3. The molecule has 3 N–H and O–H groups in total. The lowest BCUT2D eigenvalue weighted by Crippen LogP contribution is -2.25. The van der Waals surface area contributed by atoms with Crippen molar-refractivity contribution >= 4 is 0 Å². The highest BCUT2D eigenvalue weighted by atomic mass is 16.5. The van der Waals surface area contributed by atoms with Crippen molar-refractivity contribution in [2.24, 2.45) is 0 Å². The zero-order valence-corrected chi connectivity index (χ0v) is 18.8. The number of phenolic OH excluding ortho intramolecular Hbond substituents is 3. The van der Waals surface area contributed by atoms with Crippen LogP contribution in [0.15, 0.2) is 60.7 Å². The average molecular weight is 446 g/mol. The lowest BCUT2D eigenvalue weighted by Gasteiger charge is -2.35. The first-order valence-electron chi connectivity index (χ1n) is 11.9. The zero-order chi connectivity index (χ0) is 22.8. The Bertz CT molecular complexity index is 1110. The molecule has 1 aliphatic carbocycles. The van der Waals surface area contributed by atoms with Crippen LogP contribution in [0.4, 0.5) is 0 Å². The minimum absolute atomic E-state index is 0.0857. The molecule has 3 aromatic rings. The Morgan fingerprint density at radius 2 is 1.64 bits per heavy atom. The van der Waals surface area contributed by atoms with Gasteiger partial charge in [0.2, 0.25) is 0 Å². The van der Waals surface area contributed by atoms with E-state index in [1.807, 2.05) is 30.3 Å². The third kappa shape index (κ3) is 4.64. The van der Waals surface area contributed by atoms with Gasteiger partial charge in [-0.1, -0.05) is 24.3 Å². The minimum Gasteiger partial charge on any atom is -0.508 e. The molecule has 1 aliphatic heterocycles. The lowest BCUT2D eigenvalue weighted by atomic mass is 9.69. The van der Waals surface area contributed by atoms with Crippen LogP contribution >= 0.6 is 0 Å². The predicted molar refractivity (Wildman–Crippen MR) is 128 cm³/mol. The molecule has 5 nitrogen and oxygen atoms in total. The smallest absolute Gasteiger partial charge is 0.123 e. The number of aryl methyl sites for hydroxylation is 1. The zero-order valence-electron chi connectivity index (χ0n) is 18.8. The molecule has 1 saturated heterocycles. The summed E-state index contributed by atoms with van der Waals surface area (Å²) in [4.78, 5) is 2.44. The molecule has 3 aromatic carbocycles. The standard InChI is InChI=1S/C28H31NO4/c30-22-5-3-4-20(16-22)25-11-8-21-17-23(31)18-26(32)28(21)27(25)19-6-9-24(10-7-19)33-15-14-29-12-1-2-13-29/h3-7,9-10,16-18,25,27,30-32H,1-2,8,11-15H2/t25-,27+/m1/s1. The normalized spacial score (nSPS) is 20.5. The minimum atomic E-state index is -0.0881. The van der Waals surface area contributed by atoms with E-state index in [9.17, 15) is 15.3 Å². The van der Waals surface area contributed by atoms with Crippen LogP contribution < -0.4 is 4.74 Å². The van der Waals surface area contributed by atoms with Crippen LogP contribution in [-0.4, -0.2) is 46.5 Å². The molecule has 1 heterocycles. The van der Waals surface area contributed by atoms with E-state index in [4.69, 9.17) is 4.74 Å². The summed E-state index contributed by atoms with van der Waals surface area (Å²) in [6, 6.07) is 18.7. The number of hydrogen-bond acceptors (Lipinski definition) is 5. The fraction of sp³-hybridized carbons (Fsp3) is 0.357. The van der Waals surface area contributed by atoms with E-state index in [2.05, 4.69) is 17.0 Å². The van der Waals surface area contributed by atoms with Crippen LogP contribution in [0.2, 0.25) is 0 Å². The van der Waals surface area contributed by atoms with Crippen LogP contribution in [-0.2, 0) is 6.42 Å². The number of aromatic hydroxyl groups is 3. The number of nitrogens with zero attached hydrogens (tertiary/aromatic N) is 1. The molecule has 1 fully saturated rings. The summed E-state index contributed by atoms with van der Waals surface area (Å²) in [5, 5.41) is 30.9. The van der Waals surface area contributed by atoms with Gasteiger partial charge in [-0.2, -0.15) is 0 Å². The van der Waals surface area contributed by atoms with Gasteiger partial charge in [-0.25, -0.2) is 0 Å². The molecular formula is C28H31NO4. The number of ether oxygens (including phenoxy) is 1. The van der Waals surface area contributed by atoms with E-state index < -0.39 is 0 Å². The molecule has 33 heavy (non-hydrogen) atoms. The van der Waals surface area contributed by atoms with Crippen molar-refractivity contribution in [1.82, 2.24) is 4.90 Å². The first kappa shape index (κ1) is 21.7. The quantitative estimate of drug-likeness (QED) is 0.490. The molecule has 2 aliphatic rings. The average Bonchev–Trinajstić information content (AvgIpc) is 3.32. The molecule has 5 rings (SSSR count). The van der Waals surface area contributed by atoms with Gasteiger partial charge in [-0.15, -0.1) is 0 Å². The van der Waals surface area contributed by atoms with Gasteiger partial charge in [0.05, 0.1) is 0 Å². The number of fused-ring (bicyclic) bond motifs is 1. The Morgan fingerprint density at radius 1 is 0.848 bits per heavy atom. The van der Waals surface area contributed by atoms with Gasteiger partial charge in [0.25, 0.3) is 0 Å². The van der Waals surface area contributed by atoms with Crippen molar-refractivity contribution in [1.29, 1.82) is 0 Å². The fourth-order valence-corrected chi connectivity index (χ4v) is 5.51. The Hall–Kier alpha value is -3.18. The van der Waals surface area contributed by atoms with Gasteiger partial charge < -0.3 is 20.1 Å². The third-order valence-corrected chi connectivity index (χ3v) is 7.08. The maximum absolute atomic E-state index is 10.8. The highest BCUT2D eigenvalue weighted by Gasteiger charge is 2.34. The third-order valence-electron chi connectivity index (χ3n) is 7.08. The summed E-state index contributed by atoms with van der Waals surface area (Å²) in [7, 11) is 0. The van der Waals surface area contributed by atoms with Gasteiger partial charge in [0, 0.05) is 24.1 Å². The number of likely N-dealkylation sites (tertiary alicyclic amines) is 1. The first-order chi connectivity index (χ1) is 16.1. The molecule has 0 spiro atoms. The van der Waals surface area contributed by atoms with Crippen molar-refractivity contribution < 1.29 is 20.1 Å². The second-order valence-corrected chi connectivity index (χ2v) is 9.22. The van der Waals surface area contributed by atoms with E-state index in [0.29, 0.717) is 6.61 Å². The molecule has 2 atom stereocenters. The molecule has 0 bridgehead atoms. The number of rotatable bonds is 6. The predicted octanol–water partition coefficient (Wildman–Crippen LogP) is 5.14. The summed E-state index contributed by atoms with van der Waals surface area (Å²) < 4.78 is 5.99. The summed E-state index contributed by atoms with van der Waals surface area (Å²) >= 11 is 0. The summed E-state index contributed by atoms with van der Waals surface area (Å²) in [5.41, 5.74) is 3.95. The van der Waals surface area contributed by atoms with Crippen LogP contribution in [0, 0.1) is 0 Å². The molecule has 5 heteroatoms. The highest BCUT2D eigenvalue weighted by Crippen LogP contribution is 2.50. The Kier molecular flexibility index (Phi) is 6.14. The number of benzene rings is 3. The van der Waals surface area contributed by atoms with Gasteiger partial charge >= 0.3 is 0 Å². The van der Waals surface area contributed by atoms with Gasteiger partial charge in [0.15, 0.2) is 0 Å². The van der Waals surface area contributed by atoms with Gasteiger partial charge in [-0.3, -0.25) is 4.90 Å². The van der Waals surface area contributed by atoms with Crippen LogP contribution in [0.3, 0.4) is 0 Å². The second-order valence-electron chi connectivity index (χ2n) is 9.22. The summed E-state index contributed by atoms with van der Waals surface area (Å²) in [6.45, 7) is 3.96. The number of hydrogen-bond donors (Lipinski definition) is 3. The van der Waals surface area contributed by atoms with E-state index in [1.165, 1.54) is 32.0 Å². The summed E-state index contributed by atoms with van der Waals surface area (Å²) in [5.74, 6) is 1.30. The molecular weight excluding hydrogens is 414 g/mol. The molecule has 0 radical (unpaired) electrons. The van der Waals surface area contributed by atoms with Crippen molar-refractivity contribution in [2.45, 2.75) is 37.5 Å². The van der Waals surface area contributed by atoms with E-state index >= 15 is 0 Å². The lowest BCUT2D eigenvalue weighted by molar-refractivity contribution is 0.237. The van der Waals surface area contributed by atoms with Crippen molar-refractivity contribution in [3.05, 3.63) is 82.9 Å². The molecule has 0 unspecified atom stereocenters. The maximum atomic E-state index is 10.8. The van der Waals surface area contributed by atoms with Crippen molar-refractivity contribution in [2.75, 3.05) is 26.2 Å². The Morgan fingerprint density at radius 3 is 2.39 bits per heavy atom. The van der Waals surface area contributed by atoms with Crippen LogP contribution in [0.25, 0.3) is 0 Å². The fourth-order valence-electron chi connectivity index (χ4n) is 5.51. The molecule has 0 amide bonds. The van der Waals surface area contributed by atoms with Crippen LogP contribution in [0.5, 0.6) is 23.0 Å². The first-order valence-corrected chi connectivity index (χ1v) is 11.9. The van der Waals surface area contributed by atoms with Gasteiger partial charge in [0.1, 0.15) is 29.6 Å². The molecule has 0 saturated carbocycles. The summed E-state index contributed by atoms with van der Waals surface area (Å²) in [6.07, 6.45) is 4.18. The molecule has 0 aromatic heterocycles. The van der Waals surface area contributed by atoms with Crippen molar-refractivity contribution in [3.8, 4) is 23.0 Å². The van der Waals surface area contributed by atoms with Gasteiger partial charge in [-0.05, 0) is 91.7 Å². The van der Waals surface area contributed by atoms with Crippen LogP contribution in [0.1, 0.15) is 53.4 Å². The van der Waals surface area contributed by atoms with E-state index in [0.717, 1.165) is 47.4 Å². The Balaban J connectivity index is 1.43. The van der Waals surface area contributed by atoms with E-state index in [1.54, 1.807) is 12.1 Å².